The average molecular weight is 381 g/mol. The molecule has 1 aliphatic heterocycles. The molecule has 0 saturated carbocycles. The van der Waals surface area contributed by atoms with E-state index >= 15 is 0 Å². The highest BCUT2D eigenvalue weighted by Crippen LogP contribution is 2.59. The number of nitrogens with one attached hydrogen (secondary N) is 1. The Balaban J connectivity index is 1.73. The van der Waals surface area contributed by atoms with Crippen molar-refractivity contribution in [3.05, 3.63) is 100 Å². The molecule has 2 N–H and O–H groups in total. The van der Waals surface area contributed by atoms with Crippen LogP contribution in [-0.4, -0.2) is 22.6 Å². The Labute approximate surface area is 166 Å². The van der Waals surface area contributed by atoms with Crippen molar-refractivity contribution < 1.29 is 19.5 Å². The Hall–Kier alpha value is -3.73. The molecule has 0 saturated heterocycles. The maximum absolute atomic E-state index is 13.7. The van der Waals surface area contributed by atoms with Crippen LogP contribution in [0.25, 0.3) is 0 Å². The quantitative estimate of drug-likeness (QED) is 0.627. The summed E-state index contributed by atoms with van der Waals surface area (Å²) in [7, 11) is 0. The van der Waals surface area contributed by atoms with Crippen LogP contribution in [-0.2, 0) is 5.54 Å². The summed E-state index contributed by atoms with van der Waals surface area (Å²) in [5.74, 6) is -2.55. The van der Waals surface area contributed by atoms with Gasteiger partial charge in [-0.1, -0.05) is 54.6 Å². The molecule has 3 aromatic carbocycles. The van der Waals surface area contributed by atoms with E-state index in [0.29, 0.717) is 11.1 Å². The van der Waals surface area contributed by atoms with Gasteiger partial charge < -0.3 is 10.4 Å². The van der Waals surface area contributed by atoms with Crippen LogP contribution in [0.3, 0.4) is 0 Å². The predicted octanol–water partition coefficient (Wildman–Crippen LogP) is 3.17. The van der Waals surface area contributed by atoms with E-state index in [2.05, 4.69) is 5.32 Å². The number of carbonyl (C=O) groups is 3. The number of amides is 1. The zero-order valence-electron chi connectivity index (χ0n) is 15.2. The Morgan fingerprint density at radius 3 is 2.28 bits per heavy atom. The summed E-state index contributed by atoms with van der Waals surface area (Å²) < 4.78 is 0. The van der Waals surface area contributed by atoms with Gasteiger partial charge in [-0.05, 0) is 28.8 Å². The van der Waals surface area contributed by atoms with Crippen molar-refractivity contribution in [2.24, 2.45) is 5.92 Å². The summed E-state index contributed by atoms with van der Waals surface area (Å²) in [6.45, 7) is 0. The number of benzene rings is 3. The highest BCUT2D eigenvalue weighted by molar-refractivity contribution is 6.21. The number of fused-ring (bicyclic) bond motifs is 8. The molecule has 140 valence electrons. The topological polar surface area (TPSA) is 83.5 Å². The minimum Gasteiger partial charge on any atom is -0.507 e. The standard InChI is InChI=1S/C24H15NO4/c26-17-11-5-8-14-18(17)22(28)20-19(21(14)27)12-6-1-3-9-15(12)24(20)16-10-4-2-7-13(16)23(29)25-24/h1-11,19-20,26H,(H,25,29). The molecule has 0 fully saturated rings. The third-order valence-corrected chi connectivity index (χ3v) is 6.55. The third kappa shape index (κ3) is 1.74. The third-order valence-electron chi connectivity index (χ3n) is 6.55. The molecule has 29 heavy (non-hydrogen) atoms. The molecule has 3 aromatic rings. The predicted molar refractivity (Wildman–Crippen MR) is 104 cm³/mol. The Morgan fingerprint density at radius 2 is 1.45 bits per heavy atom. The Kier molecular flexibility index (Phi) is 2.91. The first-order valence-corrected chi connectivity index (χ1v) is 9.47. The summed E-state index contributed by atoms with van der Waals surface area (Å²) in [5.41, 5.74) is 1.88. The molecule has 3 unspecified atom stereocenters. The largest absolute Gasteiger partial charge is 0.507 e. The summed E-state index contributed by atoms with van der Waals surface area (Å²) in [4.78, 5) is 40.1. The fourth-order valence-corrected chi connectivity index (χ4v) is 5.49. The zero-order valence-corrected chi connectivity index (χ0v) is 15.2. The van der Waals surface area contributed by atoms with E-state index in [0.717, 1.165) is 11.1 Å². The molecular weight excluding hydrogens is 366 g/mol. The van der Waals surface area contributed by atoms with Crippen LogP contribution in [0.5, 0.6) is 5.75 Å². The number of Topliss-reactive ketones (excluding diaryl/α,β-unsaturated/α-hetero) is 2. The second-order valence-corrected chi connectivity index (χ2v) is 7.78. The lowest BCUT2D eigenvalue weighted by Crippen LogP contribution is -2.50. The molecule has 6 rings (SSSR count). The van der Waals surface area contributed by atoms with Crippen LogP contribution < -0.4 is 5.32 Å². The van der Waals surface area contributed by atoms with E-state index in [9.17, 15) is 19.5 Å². The molecule has 0 aromatic heterocycles. The first kappa shape index (κ1) is 16.2. The monoisotopic (exact) mass is 381 g/mol. The molecule has 1 spiro atoms. The molecule has 1 heterocycles. The number of aromatic hydroxyl groups is 1. The second kappa shape index (κ2) is 5.20. The minimum atomic E-state index is -1.12. The van der Waals surface area contributed by atoms with Crippen molar-refractivity contribution in [1.29, 1.82) is 0 Å². The van der Waals surface area contributed by atoms with Gasteiger partial charge in [-0.25, -0.2) is 0 Å². The van der Waals surface area contributed by atoms with Crippen LogP contribution in [0.1, 0.15) is 53.7 Å². The number of carbonyl (C=O) groups excluding carboxylic acids is 3. The molecule has 5 heteroatoms. The van der Waals surface area contributed by atoms with E-state index in [1.807, 2.05) is 36.4 Å². The smallest absolute Gasteiger partial charge is 0.252 e. The van der Waals surface area contributed by atoms with Crippen LogP contribution in [0.4, 0.5) is 0 Å². The highest BCUT2D eigenvalue weighted by Gasteiger charge is 2.64. The van der Waals surface area contributed by atoms with Crippen molar-refractivity contribution >= 4 is 17.5 Å². The normalized spacial score (nSPS) is 26.0. The van der Waals surface area contributed by atoms with E-state index in [1.165, 1.54) is 6.07 Å². The molecule has 2 aliphatic carbocycles. The molecule has 1 amide bonds. The number of rotatable bonds is 0. The SMILES string of the molecule is O=C1NC2(c3ccccc31)c1ccccc1C1C(=O)c3cccc(O)c3C(=O)C12. The van der Waals surface area contributed by atoms with Gasteiger partial charge in [-0.3, -0.25) is 14.4 Å². The van der Waals surface area contributed by atoms with Gasteiger partial charge in [0.2, 0.25) is 0 Å². The van der Waals surface area contributed by atoms with Crippen LogP contribution in [0.15, 0.2) is 66.7 Å². The summed E-state index contributed by atoms with van der Waals surface area (Å²) >= 11 is 0. The van der Waals surface area contributed by atoms with Gasteiger partial charge in [0.1, 0.15) is 11.3 Å². The molecule has 3 atom stereocenters. The molecule has 0 bridgehead atoms. The lowest BCUT2D eigenvalue weighted by Gasteiger charge is -2.37. The molecular formula is C24H15NO4. The fourth-order valence-electron chi connectivity index (χ4n) is 5.49. The van der Waals surface area contributed by atoms with Gasteiger partial charge in [-0.2, -0.15) is 0 Å². The molecule has 0 radical (unpaired) electrons. The van der Waals surface area contributed by atoms with Gasteiger partial charge in [0, 0.05) is 11.1 Å². The van der Waals surface area contributed by atoms with Crippen molar-refractivity contribution in [2.75, 3.05) is 0 Å². The Bertz CT molecular complexity index is 1280. The van der Waals surface area contributed by atoms with E-state index in [4.69, 9.17) is 0 Å². The number of phenols is 1. The van der Waals surface area contributed by atoms with Crippen molar-refractivity contribution in [3.63, 3.8) is 0 Å². The highest BCUT2D eigenvalue weighted by atomic mass is 16.3. The van der Waals surface area contributed by atoms with Crippen molar-refractivity contribution in [1.82, 2.24) is 5.32 Å². The first-order valence-electron chi connectivity index (χ1n) is 9.47. The minimum absolute atomic E-state index is 0.0459. The van der Waals surface area contributed by atoms with Gasteiger partial charge in [0.05, 0.1) is 17.4 Å². The summed E-state index contributed by atoms with van der Waals surface area (Å²) in [6, 6.07) is 19.2. The van der Waals surface area contributed by atoms with Gasteiger partial charge in [0.25, 0.3) is 5.91 Å². The number of hydrogen-bond acceptors (Lipinski definition) is 4. The van der Waals surface area contributed by atoms with Gasteiger partial charge in [0.15, 0.2) is 11.6 Å². The van der Waals surface area contributed by atoms with Crippen LogP contribution in [0, 0.1) is 5.92 Å². The number of ketones is 2. The van der Waals surface area contributed by atoms with Crippen molar-refractivity contribution in [3.8, 4) is 5.75 Å². The maximum Gasteiger partial charge on any atom is 0.252 e. The maximum atomic E-state index is 13.7. The number of phenolic OH excluding ortho intramolecular Hbond substituents is 1. The van der Waals surface area contributed by atoms with Crippen LogP contribution >= 0.6 is 0 Å². The number of hydrogen-bond donors (Lipinski definition) is 2. The van der Waals surface area contributed by atoms with E-state index in [1.54, 1.807) is 24.3 Å². The van der Waals surface area contributed by atoms with Crippen LogP contribution in [0.2, 0.25) is 0 Å². The lowest BCUT2D eigenvalue weighted by atomic mass is 9.67. The zero-order chi connectivity index (χ0) is 19.9. The van der Waals surface area contributed by atoms with E-state index < -0.39 is 17.4 Å². The lowest BCUT2D eigenvalue weighted by molar-refractivity contribution is 0.0718. The molecule has 3 aliphatic rings. The second-order valence-electron chi connectivity index (χ2n) is 7.78. The molecule has 5 nitrogen and oxygen atoms in total. The van der Waals surface area contributed by atoms with Gasteiger partial charge in [-0.15, -0.1) is 0 Å². The first-order chi connectivity index (χ1) is 14.1. The van der Waals surface area contributed by atoms with E-state index in [-0.39, 0.29) is 34.4 Å². The average Bonchev–Trinajstić information content (AvgIpc) is 3.20. The summed E-state index contributed by atoms with van der Waals surface area (Å²) in [6.07, 6.45) is 0. The summed E-state index contributed by atoms with van der Waals surface area (Å²) in [5, 5.41) is 13.5. The van der Waals surface area contributed by atoms with Crippen molar-refractivity contribution in [2.45, 2.75) is 11.5 Å². The Morgan fingerprint density at radius 1 is 0.759 bits per heavy atom. The van der Waals surface area contributed by atoms with Gasteiger partial charge >= 0.3 is 0 Å². The fraction of sp³-hybridized carbons (Fsp3) is 0.125.